The Balaban J connectivity index is 1.24. The van der Waals surface area contributed by atoms with E-state index in [-0.39, 0.29) is 50.9 Å². The Labute approximate surface area is 286 Å². The normalized spacial score (nSPS) is 14.3. The predicted molar refractivity (Wildman–Crippen MR) is 192 cm³/mol. The van der Waals surface area contributed by atoms with Crippen molar-refractivity contribution < 1.29 is 38.1 Å². The summed E-state index contributed by atoms with van der Waals surface area (Å²) in [5.41, 5.74) is 10.5. The van der Waals surface area contributed by atoms with E-state index in [1.165, 1.54) is 53.0 Å². The standard InChI is InChI=1S/C35H31N7O7S/c1-18-5-9-23(10-6-18)42-35(46)33(20(3)39-42)40-41(4)27-14-8-22(17-29(27)44)21-7-12-25(28(43)16-21)37-38-26-13-11-24-30(50(47,48)49)15-19(2)32(36)31(24)34(26)45/h5-17H,1-4H3,(H6,36,37,38,39,40,43,44,45,46,47,48,49)/p+1. The van der Waals surface area contributed by atoms with Crippen molar-refractivity contribution in [1.82, 2.24) is 0 Å². The topological polar surface area (TPSA) is 217 Å². The third-order valence-electron chi connectivity index (χ3n) is 8.17. The van der Waals surface area contributed by atoms with Crippen molar-refractivity contribution in [3.63, 3.8) is 0 Å². The van der Waals surface area contributed by atoms with Gasteiger partial charge in [-0.3, -0.25) is 9.56 Å². The minimum atomic E-state index is -4.61. The number of nitrogens with two attached hydrogens (primary N) is 1. The first-order chi connectivity index (χ1) is 23.6. The zero-order valence-corrected chi connectivity index (χ0v) is 28.0. The third-order valence-corrected chi connectivity index (χ3v) is 9.07. The Morgan fingerprint density at radius 2 is 1.42 bits per heavy atom. The van der Waals surface area contributed by atoms with Gasteiger partial charge in [-0.15, -0.1) is 10.2 Å². The number of hydrogen-bond acceptors (Lipinski definition) is 11. The molecule has 0 spiro atoms. The first-order valence-electron chi connectivity index (χ1n) is 15.1. The van der Waals surface area contributed by atoms with Gasteiger partial charge in [0, 0.05) is 35.4 Å². The number of rotatable bonds is 7. The second-order valence-corrected chi connectivity index (χ2v) is 13.1. The number of nitrogens with zero attached hydrogens (tertiary/aromatic N) is 6. The fourth-order valence-corrected chi connectivity index (χ4v) is 6.24. The minimum absolute atomic E-state index is 0.0101. The molecule has 1 heterocycles. The fraction of sp³-hybridized carbons (Fsp3) is 0.114. The molecule has 0 amide bonds. The Morgan fingerprint density at radius 1 is 0.800 bits per heavy atom. The number of hydrazone groups is 2. The van der Waals surface area contributed by atoms with Crippen LogP contribution in [0, 0.1) is 13.8 Å². The van der Waals surface area contributed by atoms with Crippen LogP contribution in [0.15, 0.2) is 104 Å². The SMILES string of the molecule is CC1=N[N+](c2ccc(C)cc2)=C(O)/C1=N/N(C)c1ccc(-c2ccc(N=Nc3ccc4c(S(=O)(=O)O)cc(C)c(N)c4c3O)c(O)c2)cc1O. The molecular weight excluding hydrogens is 662 g/mol. The van der Waals surface area contributed by atoms with E-state index < -0.39 is 20.8 Å². The molecule has 7 N–H and O–H groups in total. The molecule has 0 saturated carbocycles. The molecule has 5 aromatic rings. The molecule has 0 saturated heterocycles. The van der Waals surface area contributed by atoms with Crippen LogP contribution < -0.4 is 10.7 Å². The van der Waals surface area contributed by atoms with Crippen molar-refractivity contribution >= 4 is 66.6 Å². The summed E-state index contributed by atoms with van der Waals surface area (Å²) >= 11 is 0. The van der Waals surface area contributed by atoms with E-state index >= 15 is 0 Å². The second-order valence-electron chi connectivity index (χ2n) is 11.7. The lowest BCUT2D eigenvalue weighted by Gasteiger charge is -2.16. The van der Waals surface area contributed by atoms with E-state index in [2.05, 4.69) is 20.4 Å². The maximum Gasteiger partial charge on any atom is 0.427 e. The summed E-state index contributed by atoms with van der Waals surface area (Å²) in [4.78, 5) is -0.411. The highest BCUT2D eigenvalue weighted by atomic mass is 32.2. The molecule has 15 heteroatoms. The van der Waals surface area contributed by atoms with Gasteiger partial charge < -0.3 is 26.2 Å². The molecule has 6 rings (SSSR count). The van der Waals surface area contributed by atoms with Gasteiger partial charge in [-0.1, -0.05) is 35.9 Å². The molecule has 0 unspecified atom stereocenters. The van der Waals surface area contributed by atoms with Crippen molar-refractivity contribution in [3.8, 4) is 28.4 Å². The number of nitrogen functional groups attached to an aromatic ring is 1. The third kappa shape index (κ3) is 6.18. The van der Waals surface area contributed by atoms with Gasteiger partial charge >= 0.3 is 5.90 Å². The number of phenols is 3. The first-order valence-corrected chi connectivity index (χ1v) is 16.5. The van der Waals surface area contributed by atoms with Crippen LogP contribution in [0.3, 0.4) is 0 Å². The van der Waals surface area contributed by atoms with Gasteiger partial charge in [0.25, 0.3) is 10.1 Å². The number of aliphatic hydroxyl groups excluding tert-OH is 1. The van der Waals surface area contributed by atoms with Gasteiger partial charge in [0.2, 0.25) is 11.4 Å². The molecule has 0 aromatic heterocycles. The smallest absolute Gasteiger partial charge is 0.427 e. The average Bonchev–Trinajstić information content (AvgIpc) is 3.34. The molecule has 1 aliphatic rings. The Hall–Kier alpha value is -6.32. The second kappa shape index (κ2) is 12.6. The number of azo groups is 1. The molecule has 14 nitrogen and oxygen atoms in total. The summed E-state index contributed by atoms with van der Waals surface area (Å²) in [7, 11) is -2.99. The highest BCUT2D eigenvalue weighted by Gasteiger charge is 2.34. The van der Waals surface area contributed by atoms with Crippen LogP contribution in [-0.4, -0.2) is 62.4 Å². The maximum absolute atomic E-state index is 11.9. The number of anilines is 2. The van der Waals surface area contributed by atoms with Gasteiger partial charge in [-0.2, -0.15) is 13.5 Å². The average molecular weight is 695 g/mol. The van der Waals surface area contributed by atoms with Crippen LogP contribution >= 0.6 is 0 Å². The lowest BCUT2D eigenvalue weighted by Crippen LogP contribution is -2.24. The predicted octanol–water partition coefficient (Wildman–Crippen LogP) is 6.97. The number of phenolic OH excluding ortho intramolecular Hbond substituents is 3. The van der Waals surface area contributed by atoms with Crippen molar-refractivity contribution in [2.75, 3.05) is 17.8 Å². The summed E-state index contributed by atoms with van der Waals surface area (Å²) < 4.78 is 34.9. The van der Waals surface area contributed by atoms with E-state index in [0.717, 1.165) is 5.56 Å². The number of aromatic hydroxyl groups is 3. The van der Waals surface area contributed by atoms with Crippen molar-refractivity contribution in [1.29, 1.82) is 0 Å². The Kier molecular flexibility index (Phi) is 8.47. The molecule has 0 aliphatic carbocycles. The van der Waals surface area contributed by atoms with Gasteiger partial charge in [-0.05, 0) is 78.5 Å². The van der Waals surface area contributed by atoms with E-state index in [9.17, 15) is 33.4 Å². The number of hydrogen-bond donors (Lipinski definition) is 6. The van der Waals surface area contributed by atoms with Gasteiger partial charge in [0.15, 0.2) is 5.75 Å². The van der Waals surface area contributed by atoms with Gasteiger partial charge in [0.05, 0.1) is 5.39 Å². The molecule has 5 aromatic carbocycles. The Bertz CT molecular complexity index is 2460. The summed E-state index contributed by atoms with van der Waals surface area (Å²) in [6.07, 6.45) is 0. The fourth-order valence-electron chi connectivity index (χ4n) is 5.47. The highest BCUT2D eigenvalue weighted by molar-refractivity contribution is 7.86. The van der Waals surface area contributed by atoms with Crippen molar-refractivity contribution in [2.45, 2.75) is 25.7 Å². The molecule has 0 atom stereocenters. The molecule has 1 aliphatic heterocycles. The summed E-state index contributed by atoms with van der Waals surface area (Å²) in [6, 6.07) is 20.8. The minimum Gasteiger partial charge on any atom is -0.506 e. The number of benzene rings is 5. The zero-order valence-electron chi connectivity index (χ0n) is 27.2. The van der Waals surface area contributed by atoms with Crippen LogP contribution in [0.1, 0.15) is 18.1 Å². The lowest BCUT2D eigenvalue weighted by molar-refractivity contribution is -0.449. The molecular formula is C35H32N7O7S+. The van der Waals surface area contributed by atoms with Gasteiger partial charge in [0.1, 0.15) is 39.2 Å². The van der Waals surface area contributed by atoms with E-state index in [1.807, 2.05) is 31.2 Å². The number of aryl methyl sites for hydroxylation is 2. The Morgan fingerprint density at radius 3 is 2.06 bits per heavy atom. The summed E-state index contributed by atoms with van der Waals surface area (Å²) in [5, 5.41) is 61.9. The molecule has 254 valence electrons. The van der Waals surface area contributed by atoms with Crippen LogP contribution in [0.25, 0.3) is 21.9 Å². The van der Waals surface area contributed by atoms with Crippen molar-refractivity contribution in [3.05, 3.63) is 90.0 Å². The van der Waals surface area contributed by atoms with Crippen LogP contribution in [0.5, 0.6) is 17.2 Å². The molecule has 0 bridgehead atoms. The number of fused-ring (bicyclic) bond motifs is 1. The first kappa shape index (κ1) is 33.6. The summed E-state index contributed by atoms with van der Waals surface area (Å²) in [6.45, 7) is 5.22. The van der Waals surface area contributed by atoms with E-state index in [0.29, 0.717) is 33.8 Å². The van der Waals surface area contributed by atoms with Crippen molar-refractivity contribution in [2.24, 2.45) is 20.4 Å². The number of aliphatic hydroxyl groups is 1. The quantitative estimate of drug-likeness (QED) is 0.0340. The van der Waals surface area contributed by atoms with Crippen LogP contribution in [0.4, 0.5) is 28.4 Å². The molecule has 50 heavy (non-hydrogen) atoms. The monoisotopic (exact) mass is 694 g/mol. The van der Waals surface area contributed by atoms with Crippen LogP contribution in [-0.2, 0) is 10.1 Å². The zero-order chi connectivity index (χ0) is 36.1. The molecule has 0 fully saturated rings. The van der Waals surface area contributed by atoms with Gasteiger partial charge in [-0.25, -0.2) is 0 Å². The largest absolute Gasteiger partial charge is 0.506 e. The lowest BCUT2D eigenvalue weighted by atomic mass is 10.0. The van der Waals surface area contributed by atoms with E-state index in [1.54, 1.807) is 32.2 Å². The summed E-state index contributed by atoms with van der Waals surface area (Å²) in [5.74, 6) is -0.962. The van der Waals surface area contributed by atoms with Crippen LogP contribution in [0.2, 0.25) is 0 Å². The maximum atomic E-state index is 11.9. The van der Waals surface area contributed by atoms with E-state index in [4.69, 9.17) is 5.73 Å². The highest BCUT2D eigenvalue weighted by Crippen LogP contribution is 2.43. The molecule has 0 radical (unpaired) electrons.